The number of carbonyl (C=O) groups excluding carboxylic acids is 1. The van der Waals surface area contributed by atoms with Crippen LogP contribution in [0.25, 0.3) is 11.1 Å². The van der Waals surface area contributed by atoms with Crippen LogP contribution in [0.15, 0.2) is 65.6 Å². The molecule has 0 spiro atoms. The Morgan fingerprint density at radius 1 is 0.969 bits per heavy atom. The Morgan fingerprint density at radius 2 is 1.59 bits per heavy atom. The molecule has 0 aliphatic rings. The van der Waals surface area contributed by atoms with Crippen LogP contribution in [0.1, 0.15) is 22.3 Å². The van der Waals surface area contributed by atoms with Crippen molar-refractivity contribution in [3.63, 3.8) is 0 Å². The predicted molar refractivity (Wildman–Crippen MR) is 127 cm³/mol. The minimum atomic E-state index is -3.93. The number of nitrogen functional groups attached to an aromatic ring is 1. The zero-order chi connectivity index (χ0) is 23.5. The summed E-state index contributed by atoms with van der Waals surface area (Å²) in [5.41, 5.74) is 11.5. The van der Waals surface area contributed by atoms with Crippen molar-refractivity contribution in [2.24, 2.45) is 0 Å². The number of nitrogens with one attached hydrogen (secondary N) is 1. The second-order valence-electron chi connectivity index (χ2n) is 7.95. The third-order valence-electron chi connectivity index (χ3n) is 5.27. The number of hydrogen-bond acceptors (Lipinski definition) is 5. The van der Waals surface area contributed by atoms with Gasteiger partial charge < -0.3 is 10.5 Å². The van der Waals surface area contributed by atoms with E-state index < -0.39 is 22.0 Å². The quantitative estimate of drug-likeness (QED) is 0.418. The van der Waals surface area contributed by atoms with Crippen LogP contribution < -0.4 is 10.5 Å². The number of sulfonamides is 1. The third-order valence-corrected chi connectivity index (χ3v) is 7.05. The molecule has 32 heavy (non-hydrogen) atoms. The Hall–Kier alpha value is -3.16. The molecule has 0 aliphatic heterocycles. The van der Waals surface area contributed by atoms with Gasteiger partial charge in [-0.05, 0) is 67.1 Å². The fourth-order valence-corrected chi connectivity index (χ4v) is 5.58. The number of methoxy groups -OCH3 is 1. The highest BCUT2D eigenvalue weighted by Gasteiger charge is 2.29. The molecule has 3 aromatic rings. The average molecular weight is 453 g/mol. The summed E-state index contributed by atoms with van der Waals surface area (Å²) in [7, 11) is -2.69. The van der Waals surface area contributed by atoms with Crippen LogP contribution in [0.3, 0.4) is 0 Å². The number of hydrogen-bond donors (Lipinski definition) is 2. The monoisotopic (exact) mass is 452 g/mol. The maximum absolute atomic E-state index is 13.1. The van der Waals surface area contributed by atoms with Gasteiger partial charge in [0.2, 0.25) is 10.0 Å². The second-order valence-corrected chi connectivity index (χ2v) is 9.60. The zero-order valence-corrected chi connectivity index (χ0v) is 19.5. The molecule has 1 atom stereocenters. The maximum atomic E-state index is 13.1. The number of esters is 1. The highest BCUT2D eigenvalue weighted by Crippen LogP contribution is 2.24. The van der Waals surface area contributed by atoms with Crippen LogP contribution in [0.4, 0.5) is 5.69 Å². The Labute approximate surface area is 189 Å². The van der Waals surface area contributed by atoms with Crippen LogP contribution in [0.5, 0.6) is 0 Å². The van der Waals surface area contributed by atoms with Gasteiger partial charge in [0.1, 0.15) is 6.04 Å². The lowest BCUT2D eigenvalue weighted by Gasteiger charge is -2.19. The van der Waals surface area contributed by atoms with Crippen molar-refractivity contribution in [1.82, 2.24) is 4.72 Å². The maximum Gasteiger partial charge on any atom is 0.324 e. The van der Waals surface area contributed by atoms with Crippen LogP contribution in [0, 0.1) is 20.8 Å². The molecule has 0 saturated carbocycles. The molecule has 0 bridgehead atoms. The molecule has 0 heterocycles. The summed E-state index contributed by atoms with van der Waals surface area (Å²) in [6.07, 6.45) is 0.160. The number of nitrogens with two attached hydrogens (primary N) is 1. The average Bonchev–Trinajstić information content (AvgIpc) is 2.72. The summed E-state index contributed by atoms with van der Waals surface area (Å²) < 4.78 is 33.7. The van der Waals surface area contributed by atoms with Gasteiger partial charge in [0, 0.05) is 5.69 Å². The minimum Gasteiger partial charge on any atom is -0.468 e. The summed E-state index contributed by atoms with van der Waals surface area (Å²) in [6, 6.07) is 17.7. The Morgan fingerprint density at radius 3 is 2.16 bits per heavy atom. The predicted octanol–water partition coefficient (Wildman–Crippen LogP) is 3.92. The molecule has 0 aliphatic carbocycles. The highest BCUT2D eigenvalue weighted by atomic mass is 32.2. The van der Waals surface area contributed by atoms with E-state index in [0.717, 1.165) is 22.3 Å². The number of ether oxygens (including phenoxy) is 1. The standard InChI is InChI=1S/C25H28N2O4S/c1-16-12-17(2)24(18(3)13-16)32(29,30)27-23(25(28)31-4)14-19-8-10-20(11-9-19)21-6-5-7-22(26)15-21/h5-13,15,23,27H,14,26H2,1-4H3/t23-/m0/s1. The highest BCUT2D eigenvalue weighted by molar-refractivity contribution is 7.89. The SMILES string of the molecule is COC(=O)[C@H](Cc1ccc(-c2cccc(N)c2)cc1)NS(=O)(=O)c1c(C)cc(C)cc1C. The number of aryl methyl sites for hydroxylation is 3. The van der Waals surface area contributed by atoms with Crippen LogP contribution in [0.2, 0.25) is 0 Å². The van der Waals surface area contributed by atoms with Crippen molar-refractivity contribution in [2.45, 2.75) is 38.1 Å². The molecule has 3 rings (SSSR count). The molecule has 0 fully saturated rings. The second kappa shape index (κ2) is 9.54. The number of rotatable bonds is 7. The smallest absolute Gasteiger partial charge is 0.324 e. The van der Waals surface area contributed by atoms with Crippen molar-refractivity contribution < 1.29 is 17.9 Å². The first-order valence-electron chi connectivity index (χ1n) is 10.2. The van der Waals surface area contributed by atoms with Gasteiger partial charge in [0.25, 0.3) is 0 Å². The molecular weight excluding hydrogens is 424 g/mol. The van der Waals surface area contributed by atoms with Crippen LogP contribution in [-0.4, -0.2) is 27.5 Å². The van der Waals surface area contributed by atoms with Crippen molar-refractivity contribution in [3.05, 3.63) is 82.9 Å². The molecule has 7 heteroatoms. The van der Waals surface area contributed by atoms with Gasteiger partial charge >= 0.3 is 5.97 Å². The Bertz CT molecular complexity index is 1210. The zero-order valence-electron chi connectivity index (χ0n) is 18.7. The van der Waals surface area contributed by atoms with E-state index in [-0.39, 0.29) is 11.3 Å². The number of benzene rings is 3. The van der Waals surface area contributed by atoms with E-state index >= 15 is 0 Å². The normalized spacial score (nSPS) is 12.4. The van der Waals surface area contributed by atoms with Crippen molar-refractivity contribution in [1.29, 1.82) is 0 Å². The minimum absolute atomic E-state index is 0.160. The molecule has 0 aromatic heterocycles. The first kappa shape index (κ1) is 23.5. The van der Waals surface area contributed by atoms with E-state index in [0.29, 0.717) is 16.8 Å². The number of carbonyl (C=O) groups is 1. The van der Waals surface area contributed by atoms with Crippen LogP contribution in [-0.2, 0) is 26.0 Å². The fraction of sp³-hybridized carbons (Fsp3) is 0.240. The first-order chi connectivity index (χ1) is 15.1. The van der Waals surface area contributed by atoms with Crippen molar-refractivity contribution >= 4 is 21.7 Å². The third kappa shape index (κ3) is 5.36. The van der Waals surface area contributed by atoms with Gasteiger partial charge in [-0.1, -0.05) is 54.1 Å². The largest absolute Gasteiger partial charge is 0.468 e. The summed E-state index contributed by atoms with van der Waals surface area (Å²) in [5, 5.41) is 0. The lowest BCUT2D eigenvalue weighted by atomic mass is 10.0. The molecule has 0 radical (unpaired) electrons. The van der Waals surface area contributed by atoms with Gasteiger partial charge in [-0.15, -0.1) is 0 Å². The van der Waals surface area contributed by atoms with Gasteiger partial charge in [-0.25, -0.2) is 8.42 Å². The van der Waals surface area contributed by atoms with Crippen LogP contribution >= 0.6 is 0 Å². The van der Waals surface area contributed by atoms with Gasteiger partial charge in [0.05, 0.1) is 12.0 Å². The molecule has 168 valence electrons. The molecular formula is C25H28N2O4S. The Kier molecular flexibility index (Phi) is 7.01. The van der Waals surface area contributed by atoms with Gasteiger partial charge in [-0.3, -0.25) is 4.79 Å². The molecule has 0 amide bonds. The summed E-state index contributed by atoms with van der Waals surface area (Å²) >= 11 is 0. The van der Waals surface area contributed by atoms with Crippen molar-refractivity contribution in [2.75, 3.05) is 12.8 Å². The van der Waals surface area contributed by atoms with Gasteiger partial charge in [0.15, 0.2) is 0 Å². The summed E-state index contributed by atoms with van der Waals surface area (Å²) in [5.74, 6) is -0.643. The molecule has 6 nitrogen and oxygen atoms in total. The molecule has 3 aromatic carbocycles. The molecule has 0 unspecified atom stereocenters. The summed E-state index contributed by atoms with van der Waals surface area (Å²) in [6.45, 7) is 5.40. The first-order valence-corrected chi connectivity index (χ1v) is 11.7. The number of anilines is 1. The van der Waals surface area contributed by atoms with E-state index in [4.69, 9.17) is 10.5 Å². The van der Waals surface area contributed by atoms with E-state index in [1.54, 1.807) is 13.8 Å². The van der Waals surface area contributed by atoms with Crippen molar-refractivity contribution in [3.8, 4) is 11.1 Å². The van der Waals surface area contributed by atoms with E-state index in [1.165, 1.54) is 7.11 Å². The van der Waals surface area contributed by atoms with E-state index in [9.17, 15) is 13.2 Å². The lowest BCUT2D eigenvalue weighted by Crippen LogP contribution is -2.43. The summed E-state index contributed by atoms with van der Waals surface area (Å²) in [4.78, 5) is 12.6. The lowest BCUT2D eigenvalue weighted by molar-refractivity contribution is -0.142. The van der Waals surface area contributed by atoms with E-state index in [1.807, 2.05) is 67.6 Å². The van der Waals surface area contributed by atoms with Gasteiger partial charge in [-0.2, -0.15) is 4.72 Å². The molecule has 3 N–H and O–H groups in total. The molecule has 0 saturated heterocycles. The topological polar surface area (TPSA) is 98.5 Å². The van der Waals surface area contributed by atoms with E-state index in [2.05, 4.69) is 4.72 Å². The Balaban J connectivity index is 1.86. The fourth-order valence-electron chi connectivity index (χ4n) is 3.94.